The molecule has 0 radical (unpaired) electrons. The van der Waals surface area contributed by atoms with Crippen LogP contribution in [-0.4, -0.2) is 34.6 Å². The van der Waals surface area contributed by atoms with E-state index in [2.05, 4.69) is 11.1 Å². The minimum atomic E-state index is 0.150. The molecule has 0 bridgehead atoms. The number of pyridine rings is 1. The molecule has 1 aromatic heterocycles. The second-order valence-corrected chi connectivity index (χ2v) is 7.20. The second-order valence-electron chi connectivity index (χ2n) is 6.23. The molecule has 0 atom stereocenters. The number of thioether (sulfide) groups is 1. The zero-order valence-electron chi connectivity index (χ0n) is 13.9. The van der Waals surface area contributed by atoms with Gasteiger partial charge < -0.3 is 4.90 Å². The fourth-order valence-corrected chi connectivity index (χ4v) is 3.88. The molecule has 5 heteroatoms. The summed E-state index contributed by atoms with van der Waals surface area (Å²) in [6.07, 6.45) is 4.60. The molecule has 3 rings (SSSR count). The lowest BCUT2D eigenvalue weighted by atomic mass is 10.1. The molecule has 1 aromatic carbocycles. The van der Waals surface area contributed by atoms with Crippen LogP contribution in [0.2, 0.25) is 0 Å². The maximum atomic E-state index is 12.4. The number of hydrogen-bond acceptors (Lipinski definition) is 4. The first kappa shape index (κ1) is 16.8. The highest BCUT2D eigenvalue weighted by molar-refractivity contribution is 8.00. The first-order valence-corrected chi connectivity index (χ1v) is 9.38. The van der Waals surface area contributed by atoms with Crippen molar-refractivity contribution in [2.45, 2.75) is 37.6 Å². The van der Waals surface area contributed by atoms with E-state index in [0.717, 1.165) is 42.4 Å². The van der Waals surface area contributed by atoms with Gasteiger partial charge in [-0.1, -0.05) is 36.2 Å². The number of rotatable bonds is 3. The van der Waals surface area contributed by atoms with Crippen molar-refractivity contribution in [1.29, 1.82) is 5.26 Å². The van der Waals surface area contributed by atoms with Crippen molar-refractivity contribution in [3.05, 3.63) is 35.4 Å². The maximum absolute atomic E-state index is 12.4. The minimum Gasteiger partial charge on any atom is -0.342 e. The Morgan fingerprint density at radius 2 is 2.00 bits per heavy atom. The largest absolute Gasteiger partial charge is 0.342 e. The number of amides is 1. The van der Waals surface area contributed by atoms with Crippen molar-refractivity contribution >= 4 is 28.6 Å². The van der Waals surface area contributed by atoms with Crippen LogP contribution in [0.3, 0.4) is 0 Å². The predicted molar refractivity (Wildman–Crippen MR) is 97.0 cm³/mol. The number of carbonyl (C=O) groups excluding carboxylic acids is 1. The van der Waals surface area contributed by atoms with Crippen molar-refractivity contribution in [3.63, 3.8) is 0 Å². The van der Waals surface area contributed by atoms with E-state index in [4.69, 9.17) is 0 Å². The van der Waals surface area contributed by atoms with E-state index in [0.29, 0.717) is 16.3 Å². The van der Waals surface area contributed by atoms with Gasteiger partial charge in [0.1, 0.15) is 11.1 Å². The molecular weight excluding hydrogens is 318 g/mol. The van der Waals surface area contributed by atoms with E-state index >= 15 is 0 Å². The summed E-state index contributed by atoms with van der Waals surface area (Å²) >= 11 is 1.37. The van der Waals surface area contributed by atoms with Crippen LogP contribution in [0.1, 0.15) is 36.8 Å². The van der Waals surface area contributed by atoms with Gasteiger partial charge in [-0.3, -0.25) is 4.79 Å². The Hall–Kier alpha value is -2.06. The van der Waals surface area contributed by atoms with E-state index in [1.807, 2.05) is 36.1 Å². The summed E-state index contributed by atoms with van der Waals surface area (Å²) in [6.45, 7) is 3.73. The van der Waals surface area contributed by atoms with Crippen molar-refractivity contribution in [1.82, 2.24) is 9.88 Å². The first-order valence-electron chi connectivity index (χ1n) is 8.39. The molecule has 2 aromatic rings. The van der Waals surface area contributed by atoms with Crippen LogP contribution >= 0.6 is 11.8 Å². The Kier molecular flexibility index (Phi) is 5.37. The summed E-state index contributed by atoms with van der Waals surface area (Å²) in [5.74, 6) is 0.496. The molecule has 2 heterocycles. The summed E-state index contributed by atoms with van der Waals surface area (Å²) in [7, 11) is 0. The fourth-order valence-electron chi connectivity index (χ4n) is 3.01. The molecule has 0 N–H and O–H groups in total. The Bertz CT molecular complexity index is 789. The van der Waals surface area contributed by atoms with Gasteiger partial charge in [-0.05, 0) is 38.0 Å². The highest BCUT2D eigenvalue weighted by Crippen LogP contribution is 2.25. The van der Waals surface area contributed by atoms with Gasteiger partial charge >= 0.3 is 0 Å². The summed E-state index contributed by atoms with van der Waals surface area (Å²) in [6, 6.07) is 10.1. The molecule has 1 saturated heterocycles. The topological polar surface area (TPSA) is 57.0 Å². The summed E-state index contributed by atoms with van der Waals surface area (Å²) < 4.78 is 0. The zero-order chi connectivity index (χ0) is 16.9. The standard InChI is InChI=1S/C19H21N3OS/c1-14-6-7-17-15(10-14)11-16(12-20)19(21-17)24-13-18(23)22-8-4-2-3-5-9-22/h6-7,10-11H,2-5,8-9,13H2,1H3. The van der Waals surface area contributed by atoms with Crippen LogP contribution in [0.4, 0.5) is 0 Å². The number of aromatic nitrogens is 1. The molecule has 0 spiro atoms. The quantitative estimate of drug-likeness (QED) is 0.796. The van der Waals surface area contributed by atoms with Crippen LogP contribution in [-0.2, 0) is 4.79 Å². The van der Waals surface area contributed by atoms with Crippen molar-refractivity contribution in [2.24, 2.45) is 0 Å². The third-order valence-corrected chi connectivity index (χ3v) is 5.32. The molecule has 1 fully saturated rings. The number of aryl methyl sites for hydroxylation is 1. The highest BCUT2D eigenvalue weighted by Gasteiger charge is 2.17. The first-order chi connectivity index (χ1) is 11.7. The zero-order valence-corrected chi connectivity index (χ0v) is 14.7. The van der Waals surface area contributed by atoms with Crippen molar-refractivity contribution in [2.75, 3.05) is 18.8 Å². The van der Waals surface area contributed by atoms with Crippen LogP contribution in [0.25, 0.3) is 10.9 Å². The normalized spacial score (nSPS) is 15.1. The number of nitrogens with zero attached hydrogens (tertiary/aromatic N) is 3. The van der Waals surface area contributed by atoms with Gasteiger partial charge in [0.2, 0.25) is 5.91 Å². The molecule has 0 aliphatic carbocycles. The summed E-state index contributed by atoms with van der Waals surface area (Å²) in [5.41, 5.74) is 2.55. The van der Waals surface area contributed by atoms with Crippen LogP contribution in [0, 0.1) is 18.3 Å². The third kappa shape index (κ3) is 3.88. The van der Waals surface area contributed by atoms with Crippen LogP contribution < -0.4 is 0 Å². The predicted octanol–water partition coefficient (Wildman–Crippen LogP) is 3.91. The number of likely N-dealkylation sites (tertiary alicyclic amines) is 1. The number of nitriles is 1. The Balaban J connectivity index is 1.75. The summed E-state index contributed by atoms with van der Waals surface area (Å²) in [5, 5.41) is 11.0. The molecule has 1 aliphatic heterocycles. The van der Waals surface area contributed by atoms with E-state index < -0.39 is 0 Å². The minimum absolute atomic E-state index is 0.150. The van der Waals surface area contributed by atoms with E-state index in [1.165, 1.54) is 24.6 Å². The highest BCUT2D eigenvalue weighted by atomic mass is 32.2. The second kappa shape index (κ2) is 7.67. The van der Waals surface area contributed by atoms with E-state index in [1.54, 1.807) is 0 Å². The van der Waals surface area contributed by atoms with Crippen molar-refractivity contribution in [3.8, 4) is 6.07 Å². The Morgan fingerprint density at radius 3 is 2.71 bits per heavy atom. The molecule has 4 nitrogen and oxygen atoms in total. The van der Waals surface area contributed by atoms with Gasteiger partial charge in [0.05, 0.1) is 16.8 Å². The molecule has 1 aliphatic rings. The number of fused-ring (bicyclic) bond motifs is 1. The molecule has 24 heavy (non-hydrogen) atoms. The average molecular weight is 339 g/mol. The SMILES string of the molecule is Cc1ccc2nc(SCC(=O)N3CCCCCC3)c(C#N)cc2c1. The smallest absolute Gasteiger partial charge is 0.232 e. The third-order valence-electron chi connectivity index (χ3n) is 4.35. The maximum Gasteiger partial charge on any atom is 0.232 e. The fraction of sp³-hybridized carbons (Fsp3) is 0.421. The van der Waals surface area contributed by atoms with Gasteiger partial charge in [0.15, 0.2) is 0 Å². The van der Waals surface area contributed by atoms with E-state index in [9.17, 15) is 10.1 Å². The van der Waals surface area contributed by atoms with Gasteiger partial charge in [-0.25, -0.2) is 4.98 Å². The van der Waals surface area contributed by atoms with Crippen LogP contribution in [0.15, 0.2) is 29.3 Å². The molecule has 0 unspecified atom stereocenters. The van der Waals surface area contributed by atoms with Gasteiger partial charge in [0.25, 0.3) is 0 Å². The van der Waals surface area contributed by atoms with Crippen LogP contribution in [0.5, 0.6) is 0 Å². The van der Waals surface area contributed by atoms with Crippen molar-refractivity contribution < 1.29 is 4.79 Å². The monoisotopic (exact) mass is 339 g/mol. The average Bonchev–Trinajstić information content (AvgIpc) is 2.88. The van der Waals surface area contributed by atoms with E-state index in [-0.39, 0.29) is 5.91 Å². The molecule has 0 saturated carbocycles. The van der Waals surface area contributed by atoms with Gasteiger partial charge in [0, 0.05) is 18.5 Å². The Morgan fingerprint density at radius 1 is 1.25 bits per heavy atom. The lowest BCUT2D eigenvalue weighted by molar-refractivity contribution is -0.128. The lowest BCUT2D eigenvalue weighted by Gasteiger charge is -2.20. The molecule has 1 amide bonds. The number of carbonyl (C=O) groups is 1. The number of benzene rings is 1. The number of hydrogen-bond donors (Lipinski definition) is 0. The van der Waals surface area contributed by atoms with Gasteiger partial charge in [-0.15, -0.1) is 0 Å². The molecular formula is C19H21N3OS. The summed E-state index contributed by atoms with van der Waals surface area (Å²) in [4.78, 5) is 19.0. The molecule has 124 valence electrons. The lowest BCUT2D eigenvalue weighted by Crippen LogP contribution is -2.33. The Labute approximate surface area is 146 Å². The van der Waals surface area contributed by atoms with Gasteiger partial charge in [-0.2, -0.15) is 5.26 Å².